The third-order valence-electron chi connectivity index (χ3n) is 1.24. The van der Waals surface area contributed by atoms with Crippen LogP contribution in [0.3, 0.4) is 0 Å². The van der Waals surface area contributed by atoms with E-state index in [0.29, 0.717) is 0 Å². The molecule has 1 amide bonds. The molecule has 0 aromatic heterocycles. The number of nitrogens with one attached hydrogen (secondary N) is 1. The highest BCUT2D eigenvalue weighted by atomic mass is 19.4. The van der Waals surface area contributed by atoms with Gasteiger partial charge in [0.05, 0.1) is 0 Å². The molecule has 6 heteroatoms. The molecule has 0 aromatic carbocycles. The summed E-state index contributed by atoms with van der Waals surface area (Å²) in [4.78, 5) is 10.1. The predicted octanol–water partition coefficient (Wildman–Crippen LogP) is -0.626. The quantitative estimate of drug-likeness (QED) is 0.494. The van der Waals surface area contributed by atoms with Crippen LogP contribution in [-0.4, -0.2) is 24.2 Å². The summed E-state index contributed by atoms with van der Waals surface area (Å²) >= 11 is 0. The minimum Gasteiger partial charge on any atom is -0.368 e. The number of carbonyl (C=O) groups excluding carboxylic acids is 1. The molecule has 1 aliphatic rings. The number of carbonyl (C=O) groups is 1. The van der Waals surface area contributed by atoms with Gasteiger partial charge in [-0.2, -0.15) is 13.2 Å². The van der Waals surface area contributed by atoms with Gasteiger partial charge < -0.3 is 5.73 Å². The van der Waals surface area contributed by atoms with Crippen LogP contribution in [0.4, 0.5) is 13.2 Å². The SMILES string of the molecule is NC(=O)[C@H]1N[C@@H]1C(F)(F)F. The van der Waals surface area contributed by atoms with E-state index in [1.165, 1.54) is 0 Å². The van der Waals surface area contributed by atoms with E-state index < -0.39 is 24.2 Å². The van der Waals surface area contributed by atoms with Crippen LogP contribution in [0.15, 0.2) is 0 Å². The first-order valence-electron chi connectivity index (χ1n) is 2.55. The zero-order chi connectivity index (χ0) is 7.94. The first-order chi connectivity index (χ1) is 4.43. The summed E-state index contributed by atoms with van der Waals surface area (Å²) in [5, 5.41) is 1.91. The third-order valence-corrected chi connectivity index (χ3v) is 1.24. The third kappa shape index (κ3) is 1.21. The molecule has 0 spiro atoms. The van der Waals surface area contributed by atoms with E-state index in [4.69, 9.17) is 0 Å². The van der Waals surface area contributed by atoms with Crippen LogP contribution >= 0.6 is 0 Å². The standard InChI is InChI=1S/C4H5F3N2O/c5-4(6,7)2-1(9-2)3(8)10/h1-2,9H,(H2,8,10)/t1-,2-/m0/s1. The zero-order valence-corrected chi connectivity index (χ0v) is 4.77. The van der Waals surface area contributed by atoms with E-state index in [9.17, 15) is 18.0 Å². The number of primary amides is 1. The number of hydrogen-bond acceptors (Lipinski definition) is 2. The van der Waals surface area contributed by atoms with Crippen molar-refractivity contribution >= 4 is 5.91 Å². The lowest BCUT2D eigenvalue weighted by Crippen LogP contribution is -2.26. The molecule has 1 rings (SSSR count). The molecule has 3 N–H and O–H groups in total. The van der Waals surface area contributed by atoms with Gasteiger partial charge in [-0.15, -0.1) is 0 Å². The van der Waals surface area contributed by atoms with Gasteiger partial charge in [0.15, 0.2) is 0 Å². The van der Waals surface area contributed by atoms with Crippen molar-refractivity contribution in [2.45, 2.75) is 18.3 Å². The molecule has 1 heterocycles. The Morgan fingerprint density at radius 3 is 2.10 bits per heavy atom. The summed E-state index contributed by atoms with van der Waals surface area (Å²) in [7, 11) is 0. The van der Waals surface area contributed by atoms with Crippen LogP contribution in [0.2, 0.25) is 0 Å². The van der Waals surface area contributed by atoms with Crippen molar-refractivity contribution < 1.29 is 18.0 Å². The summed E-state index contributed by atoms with van der Waals surface area (Å²) in [6, 6.07) is -2.93. The van der Waals surface area contributed by atoms with Gasteiger partial charge in [-0.05, 0) is 0 Å². The molecule has 0 aromatic rings. The van der Waals surface area contributed by atoms with Crippen molar-refractivity contribution in [1.82, 2.24) is 5.32 Å². The highest BCUT2D eigenvalue weighted by Crippen LogP contribution is 2.30. The molecule has 1 fully saturated rings. The highest BCUT2D eigenvalue weighted by Gasteiger charge is 2.58. The number of alkyl halides is 3. The second-order valence-corrected chi connectivity index (χ2v) is 2.07. The van der Waals surface area contributed by atoms with E-state index in [1.807, 2.05) is 5.32 Å². The topological polar surface area (TPSA) is 65.0 Å². The van der Waals surface area contributed by atoms with Gasteiger partial charge in [-0.3, -0.25) is 10.1 Å². The molecule has 1 saturated heterocycles. The van der Waals surface area contributed by atoms with Crippen LogP contribution < -0.4 is 11.1 Å². The maximum Gasteiger partial charge on any atom is 0.405 e. The highest BCUT2D eigenvalue weighted by molar-refractivity contribution is 5.84. The number of rotatable bonds is 1. The summed E-state index contributed by atoms with van der Waals surface area (Å²) in [6.07, 6.45) is -4.35. The fraction of sp³-hybridized carbons (Fsp3) is 0.750. The first-order valence-corrected chi connectivity index (χ1v) is 2.55. The van der Waals surface area contributed by atoms with Crippen molar-refractivity contribution in [3.05, 3.63) is 0 Å². The Hall–Kier alpha value is -0.780. The van der Waals surface area contributed by atoms with Crippen LogP contribution in [0.25, 0.3) is 0 Å². The van der Waals surface area contributed by atoms with E-state index >= 15 is 0 Å². The molecule has 0 aliphatic carbocycles. The molecule has 0 unspecified atom stereocenters. The van der Waals surface area contributed by atoms with Crippen LogP contribution in [0.5, 0.6) is 0 Å². The van der Waals surface area contributed by atoms with Gasteiger partial charge in [0.1, 0.15) is 12.1 Å². The van der Waals surface area contributed by atoms with Crippen molar-refractivity contribution in [3.63, 3.8) is 0 Å². The van der Waals surface area contributed by atoms with Crippen molar-refractivity contribution in [2.24, 2.45) is 5.73 Å². The van der Waals surface area contributed by atoms with E-state index in [-0.39, 0.29) is 0 Å². The molecule has 58 valence electrons. The Morgan fingerprint density at radius 1 is 1.50 bits per heavy atom. The van der Waals surface area contributed by atoms with Crippen LogP contribution in [-0.2, 0) is 4.79 Å². The lowest BCUT2D eigenvalue weighted by molar-refractivity contribution is -0.134. The minimum absolute atomic E-state index is 0.956. The summed E-state index contributed by atoms with van der Waals surface area (Å²) in [5.74, 6) is -0.956. The average Bonchev–Trinajstić information content (AvgIpc) is 2.35. The number of hydrogen-bond donors (Lipinski definition) is 2. The second-order valence-electron chi connectivity index (χ2n) is 2.07. The molecule has 0 saturated carbocycles. The fourth-order valence-corrected chi connectivity index (χ4v) is 0.668. The van der Waals surface area contributed by atoms with Crippen LogP contribution in [0.1, 0.15) is 0 Å². The Labute approximate surface area is 54.4 Å². The van der Waals surface area contributed by atoms with Gasteiger partial charge >= 0.3 is 6.18 Å². The zero-order valence-electron chi connectivity index (χ0n) is 4.77. The van der Waals surface area contributed by atoms with Crippen molar-refractivity contribution in [3.8, 4) is 0 Å². The Bertz CT molecular complexity index is 166. The average molecular weight is 154 g/mol. The van der Waals surface area contributed by atoms with E-state index in [2.05, 4.69) is 5.73 Å². The van der Waals surface area contributed by atoms with Gasteiger partial charge in [-0.25, -0.2) is 0 Å². The first kappa shape index (κ1) is 7.33. The molecule has 1 aliphatic heterocycles. The van der Waals surface area contributed by atoms with Gasteiger partial charge in [0.2, 0.25) is 5.91 Å². The minimum atomic E-state index is -4.35. The molecule has 2 atom stereocenters. The lowest BCUT2D eigenvalue weighted by Gasteiger charge is -1.99. The summed E-state index contributed by atoms with van der Waals surface area (Å²) in [5.41, 5.74) is 4.58. The second kappa shape index (κ2) is 1.85. The lowest BCUT2D eigenvalue weighted by atomic mass is 10.3. The fourth-order valence-electron chi connectivity index (χ4n) is 0.668. The van der Waals surface area contributed by atoms with E-state index in [1.54, 1.807) is 0 Å². The van der Waals surface area contributed by atoms with Gasteiger partial charge in [0.25, 0.3) is 0 Å². The molecule has 3 nitrogen and oxygen atoms in total. The Balaban J connectivity index is 2.46. The predicted molar refractivity (Wildman–Crippen MR) is 26.0 cm³/mol. The van der Waals surface area contributed by atoms with Crippen molar-refractivity contribution in [1.29, 1.82) is 0 Å². The normalized spacial score (nSPS) is 31.9. The number of halogens is 3. The monoisotopic (exact) mass is 154 g/mol. The maximum atomic E-state index is 11.6. The van der Waals surface area contributed by atoms with Crippen molar-refractivity contribution in [2.75, 3.05) is 0 Å². The molecule has 10 heavy (non-hydrogen) atoms. The van der Waals surface area contributed by atoms with Gasteiger partial charge in [0, 0.05) is 0 Å². The molecular weight excluding hydrogens is 149 g/mol. The Kier molecular flexibility index (Phi) is 1.36. The van der Waals surface area contributed by atoms with E-state index in [0.717, 1.165) is 0 Å². The molecule has 0 radical (unpaired) electrons. The smallest absolute Gasteiger partial charge is 0.368 e. The van der Waals surface area contributed by atoms with Gasteiger partial charge in [-0.1, -0.05) is 0 Å². The van der Waals surface area contributed by atoms with Crippen LogP contribution in [0, 0.1) is 0 Å². The molecule has 0 bridgehead atoms. The largest absolute Gasteiger partial charge is 0.405 e. The molecular formula is C4H5F3N2O. The maximum absolute atomic E-state index is 11.6. The summed E-state index contributed by atoms with van der Waals surface area (Å²) in [6.45, 7) is 0. The summed E-state index contributed by atoms with van der Waals surface area (Å²) < 4.78 is 34.7. The Morgan fingerprint density at radius 2 is 2.00 bits per heavy atom. The number of nitrogens with two attached hydrogens (primary N) is 1. The number of amides is 1.